The number of carboxylic acid groups (broad SMARTS) is 1. The Labute approximate surface area is 518 Å². The number of ketones is 1. The SMILES string of the molecule is CC(C)CC(=NCCCC[C@@H]1NC(=O)[C@@H](Cc2c[nH]c3ccccc23)NC(=O)[C@H](Cc2ccc(O)cc2)NC(=O)[C@@H](NC(=O)[C@H](N)Cc2ccccc2)CSSC[C@@H](C(=O)N[C@H](C(=O)O)[C@@H](C)O)NC(=O)[C@H]([C@@H](C)O)NC1=O)C1=C(O)CC(C)(C)CC1=O. The predicted molar refractivity (Wildman–Crippen MR) is 335 cm³/mol. The lowest BCUT2D eigenvalue weighted by molar-refractivity contribution is -0.145. The molecular weight excluding hydrogens is 1170 g/mol. The number of fused-ring (bicyclic) bond motifs is 1. The van der Waals surface area contributed by atoms with Gasteiger partial charge >= 0.3 is 5.97 Å². The molecule has 0 radical (unpaired) electrons. The number of hydrogen-bond acceptors (Lipinski definition) is 17. The molecule has 10 atom stereocenters. The zero-order chi connectivity index (χ0) is 64.4. The van der Waals surface area contributed by atoms with Crippen molar-refractivity contribution in [3.8, 4) is 5.75 Å². The van der Waals surface area contributed by atoms with Crippen LogP contribution in [0.4, 0.5) is 0 Å². The summed E-state index contributed by atoms with van der Waals surface area (Å²) in [7, 11) is 1.83. The van der Waals surface area contributed by atoms with E-state index < -0.39 is 113 Å². The lowest BCUT2D eigenvalue weighted by Crippen LogP contribution is -2.62. The van der Waals surface area contributed by atoms with Gasteiger partial charge in [-0.3, -0.25) is 43.3 Å². The molecule has 88 heavy (non-hydrogen) atoms. The van der Waals surface area contributed by atoms with Gasteiger partial charge in [-0.15, -0.1) is 0 Å². The first kappa shape index (κ1) is 69.3. The number of aliphatic hydroxyl groups is 3. The van der Waals surface area contributed by atoms with Gasteiger partial charge in [0.05, 0.1) is 23.8 Å². The molecule has 0 saturated carbocycles. The van der Waals surface area contributed by atoms with Crippen LogP contribution in [0.3, 0.4) is 0 Å². The van der Waals surface area contributed by atoms with Crippen LogP contribution >= 0.6 is 21.6 Å². The molecule has 3 aromatic carbocycles. The predicted octanol–water partition coefficient (Wildman–Crippen LogP) is 2.72. The number of nitrogens with zero attached hydrogens (tertiary/aromatic N) is 1. The lowest BCUT2D eigenvalue weighted by atomic mass is 9.75. The molecule has 7 amide bonds. The van der Waals surface area contributed by atoms with Crippen LogP contribution in [0.2, 0.25) is 0 Å². The first-order valence-electron chi connectivity index (χ1n) is 29.3. The monoisotopic (exact) mass is 1250 g/mol. The normalized spacial score (nSPS) is 22.7. The molecule has 0 unspecified atom stereocenters. The number of carbonyl (C=O) groups excluding carboxylic acids is 8. The summed E-state index contributed by atoms with van der Waals surface area (Å²) in [6.07, 6.45) is -0.749. The summed E-state index contributed by atoms with van der Waals surface area (Å²) >= 11 is 0. The number of aromatic amines is 1. The van der Waals surface area contributed by atoms with E-state index in [2.05, 4.69) is 42.2 Å². The quantitative estimate of drug-likeness (QED) is 0.0324. The number of H-pyrrole nitrogens is 1. The number of phenols is 1. The highest BCUT2D eigenvalue weighted by Gasteiger charge is 2.39. The molecule has 2 heterocycles. The van der Waals surface area contributed by atoms with Gasteiger partial charge in [0.1, 0.15) is 47.8 Å². The number of phenolic OH excluding ortho intramolecular Hbond substituents is 1. The van der Waals surface area contributed by atoms with Crippen LogP contribution in [-0.2, 0) is 62.4 Å². The number of carbonyl (C=O) groups is 9. The summed E-state index contributed by atoms with van der Waals surface area (Å²) in [6, 6.07) is 9.42. The fourth-order valence-corrected chi connectivity index (χ4v) is 12.5. The van der Waals surface area contributed by atoms with Gasteiger partial charge in [-0.25, -0.2) is 4.79 Å². The molecule has 1 aromatic heterocycles. The minimum atomic E-state index is -1.85. The molecule has 2 aliphatic rings. The Morgan fingerprint density at radius 3 is 2.00 bits per heavy atom. The van der Waals surface area contributed by atoms with Crippen molar-refractivity contribution in [3.05, 3.63) is 113 Å². The smallest absolute Gasteiger partial charge is 0.328 e. The molecule has 476 valence electrons. The van der Waals surface area contributed by atoms with Crippen molar-refractivity contribution < 1.29 is 68.7 Å². The third-order valence-corrected chi connectivity index (χ3v) is 17.3. The largest absolute Gasteiger partial charge is 0.511 e. The van der Waals surface area contributed by atoms with E-state index in [1.807, 2.05) is 33.8 Å². The Morgan fingerprint density at radius 2 is 1.35 bits per heavy atom. The van der Waals surface area contributed by atoms with Gasteiger partial charge in [-0.1, -0.05) is 110 Å². The molecule has 24 nitrogen and oxygen atoms in total. The standard InChI is InChI=1S/C62H82N10O14S2/c1-33(2)24-44(51-49(76)28-62(5,6)29-50(51)77)64-23-13-12-18-43-55(79)71-52(34(3)73)60(84)70-48(59(83)72-53(35(4)74)61(85)86)32-88-87-31-47(69-54(78)41(63)25-36-14-8-7-9-15-36)58(82)67-45(26-37-19-21-39(75)22-20-37)56(80)68-46(57(81)66-43)27-38-30-65-42-17-11-10-16-40(38)42/h7-11,14-17,19-22,30,33-35,41,43,45-48,52-53,65,73-76H,12-13,18,23-29,31-32,63H2,1-6H3,(H,66,81)(H,67,82)(H,68,80)(H,69,78)(H,70,84)(H,71,79)(H,72,83)(H,85,86)/t34-,35-,41-,43+,45+,46-,47+,48+,52+,53+/m1/s1. The van der Waals surface area contributed by atoms with E-state index >= 15 is 9.59 Å². The van der Waals surface area contributed by atoms with Gasteiger partial charge in [-0.05, 0) is 92.2 Å². The van der Waals surface area contributed by atoms with E-state index in [4.69, 9.17) is 10.7 Å². The Hall–Kier alpha value is -7.78. The number of nitrogens with two attached hydrogens (primary N) is 1. The molecule has 6 rings (SSSR count). The minimum Gasteiger partial charge on any atom is -0.511 e. The summed E-state index contributed by atoms with van der Waals surface area (Å²) in [6.45, 7) is 10.1. The van der Waals surface area contributed by atoms with Gasteiger partial charge in [0.15, 0.2) is 11.8 Å². The molecule has 1 saturated heterocycles. The fraction of sp³-hybridized carbons (Fsp3) is 0.484. The van der Waals surface area contributed by atoms with E-state index in [1.54, 1.807) is 54.7 Å². The number of hydrogen-bond donors (Lipinski definition) is 14. The average Bonchev–Trinajstić information content (AvgIpc) is 2.65. The van der Waals surface area contributed by atoms with Crippen molar-refractivity contribution in [1.29, 1.82) is 0 Å². The Balaban J connectivity index is 1.41. The Kier molecular flexibility index (Phi) is 25.6. The van der Waals surface area contributed by atoms with Gasteiger partial charge in [0.2, 0.25) is 41.4 Å². The zero-order valence-corrected chi connectivity index (χ0v) is 51.8. The first-order chi connectivity index (χ1) is 41.7. The maximum Gasteiger partial charge on any atom is 0.328 e. The second kappa shape index (κ2) is 32.4. The summed E-state index contributed by atoms with van der Waals surface area (Å²) in [5.41, 5.74) is 9.04. The molecule has 0 bridgehead atoms. The number of unbranched alkanes of at least 4 members (excludes halogenated alkanes) is 1. The number of aromatic nitrogens is 1. The number of benzene rings is 3. The molecule has 1 aliphatic carbocycles. The minimum absolute atomic E-state index is 0.0368. The molecule has 26 heteroatoms. The second-order valence-corrected chi connectivity index (χ2v) is 26.1. The highest BCUT2D eigenvalue weighted by Crippen LogP contribution is 2.37. The first-order valence-corrected chi connectivity index (χ1v) is 31.8. The molecular formula is C62H82N10O14S2. The van der Waals surface area contributed by atoms with Crippen LogP contribution in [0, 0.1) is 11.3 Å². The van der Waals surface area contributed by atoms with Gasteiger partial charge in [-0.2, -0.15) is 0 Å². The Morgan fingerprint density at radius 1 is 0.727 bits per heavy atom. The van der Waals surface area contributed by atoms with Gasteiger partial charge < -0.3 is 73.5 Å². The van der Waals surface area contributed by atoms with Crippen molar-refractivity contribution >= 4 is 91.3 Å². The third kappa shape index (κ3) is 20.4. The number of rotatable bonds is 21. The highest BCUT2D eigenvalue weighted by atomic mass is 33.1. The number of Topliss-reactive ketones (excluding diaryl/α,β-unsaturated/α-hetero) is 1. The van der Waals surface area contributed by atoms with E-state index in [1.165, 1.54) is 31.2 Å². The molecule has 1 aliphatic heterocycles. The second-order valence-electron chi connectivity index (χ2n) is 23.6. The molecule has 0 spiro atoms. The maximum atomic E-state index is 15.1. The number of nitrogens with one attached hydrogen (secondary N) is 8. The number of aromatic hydroxyl groups is 1. The number of aliphatic carboxylic acids is 1. The topological polar surface area (TPSA) is 393 Å². The van der Waals surface area contributed by atoms with Gasteiger partial charge in [0, 0.05) is 66.5 Å². The van der Waals surface area contributed by atoms with Crippen molar-refractivity contribution in [1.82, 2.24) is 42.2 Å². The summed E-state index contributed by atoms with van der Waals surface area (Å²) in [5.74, 6) is -9.14. The van der Waals surface area contributed by atoms with E-state index in [0.29, 0.717) is 34.2 Å². The number of aliphatic hydroxyl groups excluding tert-OH is 3. The van der Waals surface area contributed by atoms with E-state index in [9.17, 15) is 59.1 Å². The van der Waals surface area contributed by atoms with Gasteiger partial charge in [0.25, 0.3) is 0 Å². The van der Waals surface area contributed by atoms with Crippen LogP contribution in [0.1, 0.15) is 96.8 Å². The van der Waals surface area contributed by atoms with Crippen molar-refractivity contribution in [2.45, 2.75) is 160 Å². The number of aliphatic imine (C=N–C) groups is 1. The maximum absolute atomic E-state index is 15.1. The van der Waals surface area contributed by atoms with Crippen molar-refractivity contribution in [2.24, 2.45) is 22.1 Å². The highest BCUT2D eigenvalue weighted by molar-refractivity contribution is 8.76. The third-order valence-electron chi connectivity index (χ3n) is 14.9. The summed E-state index contributed by atoms with van der Waals surface area (Å²) in [4.78, 5) is 135. The number of allylic oxidation sites excluding steroid dienone is 2. The number of para-hydroxylation sites is 1. The van der Waals surface area contributed by atoms with Crippen LogP contribution in [0.15, 0.2) is 101 Å². The number of amides is 7. The zero-order valence-electron chi connectivity index (χ0n) is 50.2. The van der Waals surface area contributed by atoms with Crippen LogP contribution < -0.4 is 43.0 Å². The van der Waals surface area contributed by atoms with Crippen molar-refractivity contribution in [2.75, 3.05) is 18.1 Å². The van der Waals surface area contributed by atoms with Crippen LogP contribution in [0.25, 0.3) is 10.9 Å². The average molecular weight is 1260 g/mol. The molecule has 15 N–H and O–H groups in total. The van der Waals surface area contributed by atoms with E-state index in [-0.39, 0.29) is 98.2 Å². The summed E-state index contributed by atoms with van der Waals surface area (Å²) < 4.78 is 0. The van der Waals surface area contributed by atoms with Crippen molar-refractivity contribution in [3.63, 3.8) is 0 Å². The fourth-order valence-electron chi connectivity index (χ4n) is 10.2. The molecule has 1 fully saturated rings. The Bertz CT molecular complexity index is 3190. The lowest BCUT2D eigenvalue weighted by Gasteiger charge is -2.30. The van der Waals surface area contributed by atoms with Crippen LogP contribution in [-0.4, -0.2) is 168 Å². The summed E-state index contributed by atoms with van der Waals surface area (Å²) in [5, 5.41) is 71.6. The number of carboxylic acids is 1. The van der Waals surface area contributed by atoms with Crippen LogP contribution in [0.5, 0.6) is 5.75 Å². The van der Waals surface area contributed by atoms with E-state index in [0.717, 1.165) is 34.1 Å². The molecule has 4 aromatic rings.